The number of benzene rings is 3. The van der Waals surface area contributed by atoms with E-state index in [1.807, 2.05) is 36.4 Å². The third-order valence-corrected chi connectivity index (χ3v) is 6.83. The first-order valence-corrected chi connectivity index (χ1v) is 12.4. The van der Waals surface area contributed by atoms with Gasteiger partial charge in [0.05, 0.1) is 6.54 Å². The van der Waals surface area contributed by atoms with E-state index in [-0.39, 0.29) is 24.7 Å². The van der Waals surface area contributed by atoms with Crippen LogP contribution in [-0.4, -0.2) is 43.1 Å². The summed E-state index contributed by atoms with van der Waals surface area (Å²) >= 11 is 0. The lowest BCUT2D eigenvalue weighted by Gasteiger charge is -2.16. The van der Waals surface area contributed by atoms with Gasteiger partial charge in [-0.25, -0.2) is 4.79 Å². The molecular formula is C29H32N2O4. The van der Waals surface area contributed by atoms with Gasteiger partial charge in [0.1, 0.15) is 18.5 Å². The van der Waals surface area contributed by atoms with E-state index in [0.29, 0.717) is 13.2 Å². The number of carbonyl (C=O) groups is 1. The van der Waals surface area contributed by atoms with Crippen molar-refractivity contribution in [2.24, 2.45) is 0 Å². The Bertz CT molecular complexity index is 1150. The fraction of sp³-hybridized carbons (Fsp3) is 0.345. The van der Waals surface area contributed by atoms with Crippen molar-refractivity contribution in [3.63, 3.8) is 0 Å². The highest BCUT2D eigenvalue weighted by molar-refractivity contribution is 5.79. The third-order valence-electron chi connectivity index (χ3n) is 6.83. The van der Waals surface area contributed by atoms with Gasteiger partial charge in [0.2, 0.25) is 0 Å². The lowest BCUT2D eigenvalue weighted by molar-refractivity contribution is 0.136. The summed E-state index contributed by atoms with van der Waals surface area (Å²) in [5.41, 5.74) is 7.00. The van der Waals surface area contributed by atoms with Crippen molar-refractivity contribution in [2.45, 2.75) is 44.2 Å². The summed E-state index contributed by atoms with van der Waals surface area (Å²) < 4.78 is 11.7. The van der Waals surface area contributed by atoms with Crippen LogP contribution in [0.5, 0.6) is 5.75 Å². The highest BCUT2D eigenvalue weighted by Crippen LogP contribution is 2.44. The van der Waals surface area contributed by atoms with Crippen molar-refractivity contribution < 1.29 is 19.4 Å². The minimum Gasteiger partial charge on any atom is -0.488 e. The fourth-order valence-corrected chi connectivity index (χ4v) is 5.12. The molecule has 6 heteroatoms. The Morgan fingerprint density at radius 1 is 1.09 bits per heavy atom. The first-order chi connectivity index (χ1) is 17.1. The van der Waals surface area contributed by atoms with E-state index in [1.165, 1.54) is 22.3 Å². The van der Waals surface area contributed by atoms with Crippen molar-refractivity contribution in [1.29, 1.82) is 0 Å². The Balaban J connectivity index is 1.12. The van der Waals surface area contributed by atoms with Crippen LogP contribution in [0.25, 0.3) is 11.1 Å². The summed E-state index contributed by atoms with van der Waals surface area (Å²) in [7, 11) is 0. The van der Waals surface area contributed by atoms with Crippen LogP contribution in [0.3, 0.4) is 0 Å². The monoisotopic (exact) mass is 472 g/mol. The minimum absolute atomic E-state index is 0.0471. The smallest absolute Gasteiger partial charge is 0.407 e. The molecule has 6 nitrogen and oxygen atoms in total. The van der Waals surface area contributed by atoms with Crippen LogP contribution < -0.4 is 15.4 Å². The number of aliphatic hydroxyl groups is 1. The van der Waals surface area contributed by atoms with Crippen molar-refractivity contribution >= 4 is 11.8 Å². The first-order valence-electron chi connectivity index (χ1n) is 12.4. The maximum atomic E-state index is 12.5. The molecule has 0 saturated heterocycles. The molecule has 35 heavy (non-hydrogen) atoms. The van der Waals surface area contributed by atoms with Crippen LogP contribution in [0.15, 0.2) is 66.7 Å². The molecule has 1 heterocycles. The van der Waals surface area contributed by atoms with Gasteiger partial charge in [0.15, 0.2) is 0 Å². The van der Waals surface area contributed by atoms with E-state index in [0.717, 1.165) is 36.3 Å². The average molecular weight is 473 g/mol. The molecule has 182 valence electrons. The maximum Gasteiger partial charge on any atom is 0.407 e. The summed E-state index contributed by atoms with van der Waals surface area (Å²) in [6.07, 6.45) is 1.89. The lowest BCUT2D eigenvalue weighted by Crippen LogP contribution is -2.35. The molecule has 3 aromatic rings. The summed E-state index contributed by atoms with van der Waals surface area (Å²) in [6.45, 7) is 3.01. The summed E-state index contributed by atoms with van der Waals surface area (Å²) in [5, 5.41) is 15.4. The molecule has 3 N–H and O–H groups in total. The van der Waals surface area contributed by atoms with Crippen molar-refractivity contribution in [1.82, 2.24) is 5.32 Å². The quantitative estimate of drug-likeness (QED) is 0.404. The van der Waals surface area contributed by atoms with Gasteiger partial charge in [-0.15, -0.1) is 0 Å². The molecule has 1 aliphatic carbocycles. The first kappa shape index (κ1) is 23.2. The second-order valence-corrected chi connectivity index (χ2v) is 9.38. The van der Waals surface area contributed by atoms with Crippen LogP contribution in [0.2, 0.25) is 0 Å². The number of hydrogen-bond donors (Lipinski definition) is 3. The van der Waals surface area contributed by atoms with E-state index >= 15 is 0 Å². The standard InChI is InChI=1S/C29H32N2O4/c1-19(7-6-14-32)31-21-12-13-28-20(15-21)16-22(35-28)17-30-29(33)34-18-27-25-10-4-2-8-23(25)24-9-3-5-11-26(24)27/h2-5,8-13,15,19,22,27,31-32H,6-7,14,16-18H2,1H3,(H,30,33). The molecule has 0 fully saturated rings. The number of amides is 1. The Kier molecular flexibility index (Phi) is 6.91. The normalized spacial score (nSPS) is 16.6. The Labute approximate surface area is 206 Å². The average Bonchev–Trinajstić information content (AvgIpc) is 3.43. The molecule has 1 amide bonds. The highest BCUT2D eigenvalue weighted by atomic mass is 16.5. The Morgan fingerprint density at radius 2 is 1.80 bits per heavy atom. The van der Waals surface area contributed by atoms with Crippen molar-refractivity contribution in [2.75, 3.05) is 25.1 Å². The molecule has 0 bridgehead atoms. The van der Waals surface area contributed by atoms with Gasteiger partial charge < -0.3 is 25.2 Å². The predicted octanol–water partition coefficient (Wildman–Crippen LogP) is 5.10. The SMILES string of the molecule is CC(CCCO)Nc1ccc2c(c1)CC(CNC(=O)OCC1c3ccccc3-c3ccccc31)O2. The number of ether oxygens (including phenoxy) is 2. The van der Waals surface area contributed by atoms with Crippen molar-refractivity contribution in [3.05, 3.63) is 83.4 Å². The number of rotatable bonds is 9. The molecular weight excluding hydrogens is 440 g/mol. The van der Waals surface area contributed by atoms with Gasteiger partial charge in [-0.1, -0.05) is 48.5 Å². The van der Waals surface area contributed by atoms with Gasteiger partial charge in [0.25, 0.3) is 0 Å². The van der Waals surface area contributed by atoms with Gasteiger partial charge in [-0.3, -0.25) is 0 Å². The van der Waals surface area contributed by atoms with E-state index in [9.17, 15) is 4.79 Å². The highest BCUT2D eigenvalue weighted by Gasteiger charge is 2.29. The molecule has 0 aromatic heterocycles. The number of nitrogens with one attached hydrogen (secondary N) is 2. The molecule has 5 rings (SSSR count). The summed E-state index contributed by atoms with van der Waals surface area (Å²) in [4.78, 5) is 12.5. The molecule has 2 aliphatic rings. The molecule has 2 atom stereocenters. The number of hydrogen-bond acceptors (Lipinski definition) is 5. The third kappa shape index (κ3) is 5.13. The number of anilines is 1. The number of alkyl carbamates (subject to hydrolysis) is 1. The Morgan fingerprint density at radius 3 is 2.51 bits per heavy atom. The molecule has 0 saturated carbocycles. The maximum absolute atomic E-state index is 12.5. The van der Waals surface area contributed by atoms with Crippen LogP contribution in [0, 0.1) is 0 Å². The zero-order valence-electron chi connectivity index (χ0n) is 20.0. The summed E-state index contributed by atoms with van der Waals surface area (Å²) in [6, 6.07) is 23.0. The minimum atomic E-state index is -0.425. The largest absolute Gasteiger partial charge is 0.488 e. The number of aliphatic hydroxyl groups excluding tert-OH is 1. The van der Waals surface area contributed by atoms with Crippen LogP contribution in [-0.2, 0) is 11.2 Å². The fourth-order valence-electron chi connectivity index (χ4n) is 5.12. The van der Waals surface area contributed by atoms with E-state index in [4.69, 9.17) is 14.6 Å². The number of fused-ring (bicyclic) bond motifs is 4. The zero-order valence-corrected chi connectivity index (χ0v) is 20.0. The molecule has 0 spiro atoms. The van der Waals surface area contributed by atoms with E-state index in [2.05, 4.69) is 47.9 Å². The van der Waals surface area contributed by atoms with Crippen LogP contribution >= 0.6 is 0 Å². The molecule has 2 unspecified atom stereocenters. The van der Waals surface area contributed by atoms with Crippen LogP contribution in [0.1, 0.15) is 42.4 Å². The zero-order chi connectivity index (χ0) is 24.2. The van der Waals surface area contributed by atoms with Gasteiger partial charge in [-0.2, -0.15) is 0 Å². The van der Waals surface area contributed by atoms with Crippen LogP contribution in [0.4, 0.5) is 10.5 Å². The molecule has 0 radical (unpaired) electrons. The van der Waals surface area contributed by atoms with E-state index in [1.54, 1.807) is 0 Å². The van der Waals surface area contributed by atoms with Gasteiger partial charge in [-0.05, 0) is 65.8 Å². The van der Waals surface area contributed by atoms with Gasteiger partial charge >= 0.3 is 6.09 Å². The second kappa shape index (κ2) is 10.4. The Hall–Kier alpha value is -3.51. The van der Waals surface area contributed by atoms with Gasteiger partial charge in [0, 0.05) is 30.7 Å². The number of carbonyl (C=O) groups excluding carboxylic acids is 1. The predicted molar refractivity (Wildman–Crippen MR) is 137 cm³/mol. The van der Waals surface area contributed by atoms with E-state index < -0.39 is 6.09 Å². The summed E-state index contributed by atoms with van der Waals surface area (Å²) in [5.74, 6) is 0.906. The topological polar surface area (TPSA) is 79.8 Å². The molecule has 3 aromatic carbocycles. The molecule has 1 aliphatic heterocycles. The lowest BCUT2D eigenvalue weighted by atomic mass is 9.98. The second-order valence-electron chi connectivity index (χ2n) is 9.38. The van der Waals surface area contributed by atoms with Crippen molar-refractivity contribution in [3.8, 4) is 16.9 Å².